The maximum Gasteiger partial charge on any atom is 0.254 e. The first kappa shape index (κ1) is 16.7. The van der Waals surface area contributed by atoms with E-state index < -0.39 is 10.0 Å². The summed E-state index contributed by atoms with van der Waals surface area (Å²) in [6, 6.07) is 5.17. The number of nitrogens with two attached hydrogens (primary N) is 1. The van der Waals surface area contributed by atoms with Crippen LogP contribution in [-0.4, -0.2) is 25.5 Å². The molecule has 1 saturated heterocycles. The smallest absolute Gasteiger partial charge is 0.254 e. The quantitative estimate of drug-likeness (QED) is 0.887. The molecule has 0 amide bonds. The summed E-state index contributed by atoms with van der Waals surface area (Å²) in [5, 5.41) is 2.02. The third kappa shape index (κ3) is 3.76. The van der Waals surface area contributed by atoms with Crippen molar-refractivity contribution < 1.29 is 8.42 Å². The highest BCUT2D eigenvalue weighted by molar-refractivity contribution is 7.89. The van der Waals surface area contributed by atoms with E-state index in [9.17, 15) is 8.42 Å². The fraction of sp³-hybridized carbons (Fsp3) is 0.571. The van der Waals surface area contributed by atoms with E-state index in [0.29, 0.717) is 0 Å². The van der Waals surface area contributed by atoms with Crippen LogP contribution in [0.4, 0.5) is 0 Å². The van der Waals surface area contributed by atoms with Crippen LogP contribution in [0.25, 0.3) is 0 Å². The Kier molecular flexibility index (Phi) is 5.27. The van der Waals surface area contributed by atoms with Gasteiger partial charge in [0.15, 0.2) is 0 Å². The molecular formula is C14H22ClN3O2S. The van der Waals surface area contributed by atoms with E-state index in [1.165, 1.54) is 6.07 Å². The Morgan fingerprint density at radius 3 is 2.52 bits per heavy atom. The van der Waals surface area contributed by atoms with Crippen LogP contribution in [-0.2, 0) is 16.6 Å². The minimum Gasteiger partial charge on any atom is -0.326 e. The lowest BCUT2D eigenvalue weighted by Crippen LogP contribution is -2.53. The van der Waals surface area contributed by atoms with Gasteiger partial charge in [0, 0.05) is 18.6 Å². The predicted octanol–water partition coefficient (Wildman–Crippen LogP) is 2.25. The molecule has 2 unspecified atom stereocenters. The molecule has 0 aromatic heterocycles. The molecule has 0 radical (unpaired) electrons. The van der Waals surface area contributed by atoms with Crippen LogP contribution in [0.5, 0.6) is 0 Å². The van der Waals surface area contributed by atoms with Crippen molar-refractivity contribution >= 4 is 21.6 Å². The number of nitrogens with zero attached hydrogens (tertiary/aromatic N) is 1. The third-order valence-electron chi connectivity index (χ3n) is 3.94. The highest BCUT2D eigenvalue weighted by atomic mass is 35.5. The summed E-state index contributed by atoms with van der Waals surface area (Å²) < 4.78 is 25.2. The van der Waals surface area contributed by atoms with Gasteiger partial charge < -0.3 is 5.73 Å². The maximum absolute atomic E-state index is 12.6. The van der Waals surface area contributed by atoms with E-state index in [2.05, 4.69) is 4.83 Å². The van der Waals surface area contributed by atoms with E-state index in [1.807, 2.05) is 18.9 Å². The molecule has 1 aromatic rings. The van der Waals surface area contributed by atoms with Gasteiger partial charge >= 0.3 is 0 Å². The summed E-state index contributed by atoms with van der Waals surface area (Å²) in [6.45, 7) is 4.32. The number of hydrazine groups is 1. The topological polar surface area (TPSA) is 75.4 Å². The summed E-state index contributed by atoms with van der Waals surface area (Å²) >= 11 is 6.05. The van der Waals surface area contributed by atoms with Crippen molar-refractivity contribution in [3.63, 3.8) is 0 Å². The van der Waals surface area contributed by atoms with Crippen LogP contribution >= 0.6 is 11.6 Å². The Balaban J connectivity index is 2.29. The van der Waals surface area contributed by atoms with Gasteiger partial charge in [0.2, 0.25) is 0 Å². The lowest BCUT2D eigenvalue weighted by Gasteiger charge is -2.38. The number of benzene rings is 1. The Hall–Kier alpha value is -0.660. The summed E-state index contributed by atoms with van der Waals surface area (Å²) in [5.41, 5.74) is 6.31. The molecule has 1 heterocycles. The van der Waals surface area contributed by atoms with Crippen molar-refractivity contribution in [3.05, 3.63) is 28.8 Å². The lowest BCUT2D eigenvalue weighted by molar-refractivity contribution is 0.0790. The van der Waals surface area contributed by atoms with Gasteiger partial charge in [-0.3, -0.25) is 0 Å². The van der Waals surface area contributed by atoms with E-state index in [-0.39, 0.29) is 28.5 Å². The van der Waals surface area contributed by atoms with E-state index >= 15 is 0 Å². The number of nitrogens with one attached hydrogen (secondary N) is 1. The molecule has 21 heavy (non-hydrogen) atoms. The zero-order chi connectivity index (χ0) is 15.6. The number of sulfonamides is 1. The largest absolute Gasteiger partial charge is 0.326 e. The molecule has 5 nitrogen and oxygen atoms in total. The van der Waals surface area contributed by atoms with Gasteiger partial charge in [0.05, 0.1) is 5.02 Å². The van der Waals surface area contributed by atoms with Crippen molar-refractivity contribution in [2.24, 2.45) is 5.73 Å². The molecule has 1 aliphatic rings. The van der Waals surface area contributed by atoms with Crippen molar-refractivity contribution in [2.75, 3.05) is 0 Å². The SMILES string of the molecule is CC1CCCC(C)N1NS(=O)(=O)c1cc(CN)ccc1Cl. The molecule has 2 atom stereocenters. The van der Waals surface area contributed by atoms with Gasteiger partial charge in [-0.15, -0.1) is 4.83 Å². The first-order chi connectivity index (χ1) is 9.85. The molecule has 2 rings (SSSR count). The Bertz CT molecular complexity index is 596. The van der Waals surface area contributed by atoms with Crippen LogP contribution < -0.4 is 10.6 Å². The maximum atomic E-state index is 12.6. The molecule has 0 saturated carbocycles. The second-order valence-electron chi connectivity index (χ2n) is 5.60. The van der Waals surface area contributed by atoms with E-state index in [1.54, 1.807) is 12.1 Å². The zero-order valence-electron chi connectivity index (χ0n) is 12.3. The molecule has 0 spiro atoms. The van der Waals surface area contributed by atoms with Crippen LogP contribution in [0.1, 0.15) is 38.7 Å². The summed E-state index contributed by atoms with van der Waals surface area (Å²) in [5.74, 6) is 0. The Morgan fingerprint density at radius 1 is 1.33 bits per heavy atom. The van der Waals surface area contributed by atoms with Crippen LogP contribution in [0.2, 0.25) is 5.02 Å². The number of hydrogen-bond donors (Lipinski definition) is 2. The zero-order valence-corrected chi connectivity index (χ0v) is 13.9. The average Bonchev–Trinajstić information content (AvgIpc) is 2.43. The van der Waals surface area contributed by atoms with Gasteiger partial charge in [-0.05, 0) is 44.4 Å². The van der Waals surface area contributed by atoms with Crippen LogP contribution in [0.15, 0.2) is 23.1 Å². The molecule has 1 aliphatic heterocycles. The van der Waals surface area contributed by atoms with E-state index in [0.717, 1.165) is 24.8 Å². The van der Waals surface area contributed by atoms with Crippen molar-refractivity contribution in [1.82, 2.24) is 9.84 Å². The van der Waals surface area contributed by atoms with Crippen molar-refractivity contribution in [3.8, 4) is 0 Å². The lowest BCUT2D eigenvalue weighted by atomic mass is 10.0. The first-order valence-corrected chi connectivity index (χ1v) is 9.00. The van der Waals surface area contributed by atoms with Crippen LogP contribution in [0, 0.1) is 0 Å². The third-order valence-corrected chi connectivity index (χ3v) is 5.75. The summed E-state index contributed by atoms with van der Waals surface area (Å²) in [6.07, 6.45) is 3.07. The van der Waals surface area contributed by atoms with Crippen molar-refractivity contribution in [1.29, 1.82) is 0 Å². The fourth-order valence-corrected chi connectivity index (χ4v) is 4.46. The molecule has 0 aliphatic carbocycles. The molecule has 3 N–H and O–H groups in total. The van der Waals surface area contributed by atoms with Crippen molar-refractivity contribution in [2.45, 2.75) is 56.6 Å². The molecule has 0 bridgehead atoms. The van der Waals surface area contributed by atoms with Gasteiger partial charge in [-0.2, -0.15) is 0 Å². The standard InChI is InChI=1S/C14H22ClN3O2S/c1-10-4-3-5-11(2)18(10)17-21(19,20)14-8-12(9-16)6-7-13(14)15/h6-8,10-11,17H,3-5,9,16H2,1-2H3. The van der Waals surface area contributed by atoms with Gasteiger partial charge in [-0.1, -0.05) is 24.1 Å². The number of halogens is 1. The molecule has 1 fully saturated rings. The normalized spacial score (nSPS) is 24.2. The number of piperidine rings is 1. The number of hydrogen-bond acceptors (Lipinski definition) is 4. The van der Waals surface area contributed by atoms with Gasteiger partial charge in [0.25, 0.3) is 10.0 Å². The minimum atomic E-state index is -3.70. The Morgan fingerprint density at radius 2 is 1.95 bits per heavy atom. The monoisotopic (exact) mass is 331 g/mol. The van der Waals surface area contributed by atoms with Gasteiger partial charge in [0.1, 0.15) is 4.90 Å². The molecule has 7 heteroatoms. The first-order valence-electron chi connectivity index (χ1n) is 7.14. The second kappa shape index (κ2) is 6.62. The second-order valence-corrected chi connectivity index (χ2v) is 7.64. The predicted molar refractivity (Wildman–Crippen MR) is 84.3 cm³/mol. The molecule has 118 valence electrons. The fourth-order valence-electron chi connectivity index (χ4n) is 2.67. The van der Waals surface area contributed by atoms with Gasteiger partial charge in [-0.25, -0.2) is 13.4 Å². The number of rotatable bonds is 4. The average molecular weight is 332 g/mol. The summed E-state index contributed by atoms with van der Waals surface area (Å²) in [7, 11) is -3.70. The molecule has 1 aromatic carbocycles. The van der Waals surface area contributed by atoms with Crippen LogP contribution in [0.3, 0.4) is 0 Å². The highest BCUT2D eigenvalue weighted by Gasteiger charge is 2.30. The molecular weight excluding hydrogens is 310 g/mol. The minimum absolute atomic E-state index is 0.0806. The highest BCUT2D eigenvalue weighted by Crippen LogP contribution is 2.25. The summed E-state index contributed by atoms with van der Waals surface area (Å²) in [4.78, 5) is 2.76. The van der Waals surface area contributed by atoms with E-state index in [4.69, 9.17) is 17.3 Å². The Labute approximate surface area is 131 Å².